The lowest BCUT2D eigenvalue weighted by Gasteiger charge is -2.16. The summed E-state index contributed by atoms with van der Waals surface area (Å²) in [6, 6.07) is 10.7. The van der Waals surface area contributed by atoms with Crippen molar-refractivity contribution in [2.45, 2.75) is 6.92 Å². The summed E-state index contributed by atoms with van der Waals surface area (Å²) in [7, 11) is 1.65. The Balaban J connectivity index is 2.32. The fourth-order valence-electron chi connectivity index (χ4n) is 1.65. The number of nitrogens with zero attached hydrogens (tertiary/aromatic N) is 2. The van der Waals surface area contributed by atoms with E-state index in [9.17, 15) is 4.79 Å². The molecular weight excluding hydrogens is 228 g/mol. The number of benzene rings is 1. The predicted molar refractivity (Wildman–Crippen MR) is 67.3 cm³/mol. The third kappa shape index (κ3) is 2.11. The highest BCUT2D eigenvalue weighted by atomic mass is 16.3. The number of rotatable bonds is 2. The molecule has 0 aliphatic rings. The van der Waals surface area contributed by atoms with Gasteiger partial charge in [-0.05, 0) is 31.2 Å². The van der Waals surface area contributed by atoms with Crippen LogP contribution < -0.4 is 4.90 Å². The zero-order chi connectivity index (χ0) is 13.1. The van der Waals surface area contributed by atoms with E-state index in [4.69, 9.17) is 9.68 Å². The first-order valence-electron chi connectivity index (χ1n) is 5.46. The number of hydrogen-bond donors (Lipinski definition) is 0. The summed E-state index contributed by atoms with van der Waals surface area (Å²) in [5.74, 6) is 0.0902. The van der Waals surface area contributed by atoms with E-state index in [0.29, 0.717) is 17.0 Å². The molecule has 1 heterocycles. The van der Waals surface area contributed by atoms with Crippen molar-refractivity contribution in [3.05, 3.63) is 53.5 Å². The SMILES string of the molecule is Cc1ccoc1C(=O)N(C)c1cccc(C#N)c1. The van der Waals surface area contributed by atoms with Gasteiger partial charge in [0.2, 0.25) is 0 Å². The number of furan rings is 1. The molecule has 0 N–H and O–H groups in total. The zero-order valence-electron chi connectivity index (χ0n) is 10.2. The minimum atomic E-state index is -0.229. The van der Waals surface area contributed by atoms with Gasteiger partial charge in [-0.1, -0.05) is 6.07 Å². The molecule has 0 unspecified atom stereocenters. The monoisotopic (exact) mass is 240 g/mol. The fourth-order valence-corrected chi connectivity index (χ4v) is 1.65. The molecule has 1 aromatic heterocycles. The van der Waals surface area contributed by atoms with E-state index in [1.165, 1.54) is 11.2 Å². The van der Waals surface area contributed by atoms with Crippen molar-refractivity contribution in [3.8, 4) is 6.07 Å². The van der Waals surface area contributed by atoms with Gasteiger partial charge in [-0.2, -0.15) is 5.26 Å². The Morgan fingerprint density at radius 3 is 2.78 bits per heavy atom. The van der Waals surface area contributed by atoms with Gasteiger partial charge in [-0.15, -0.1) is 0 Å². The van der Waals surface area contributed by atoms with Gasteiger partial charge < -0.3 is 9.32 Å². The molecule has 4 nitrogen and oxygen atoms in total. The third-order valence-electron chi connectivity index (χ3n) is 2.72. The third-order valence-corrected chi connectivity index (χ3v) is 2.72. The Morgan fingerprint density at radius 1 is 1.39 bits per heavy atom. The molecule has 1 aromatic carbocycles. The summed E-state index contributed by atoms with van der Waals surface area (Å²) < 4.78 is 5.17. The molecule has 0 saturated heterocycles. The summed E-state index contributed by atoms with van der Waals surface area (Å²) in [6.07, 6.45) is 1.49. The van der Waals surface area contributed by atoms with Gasteiger partial charge >= 0.3 is 0 Å². The van der Waals surface area contributed by atoms with Crippen LogP contribution in [-0.4, -0.2) is 13.0 Å². The highest BCUT2D eigenvalue weighted by Crippen LogP contribution is 2.19. The lowest BCUT2D eigenvalue weighted by Crippen LogP contribution is -2.26. The average molecular weight is 240 g/mol. The Kier molecular flexibility index (Phi) is 3.16. The highest BCUT2D eigenvalue weighted by molar-refractivity contribution is 6.04. The summed E-state index contributed by atoms with van der Waals surface area (Å²) in [5, 5.41) is 8.84. The van der Waals surface area contributed by atoms with Crippen molar-refractivity contribution in [1.82, 2.24) is 0 Å². The molecule has 90 valence electrons. The first-order chi connectivity index (χ1) is 8.63. The van der Waals surface area contributed by atoms with Crippen molar-refractivity contribution in [2.75, 3.05) is 11.9 Å². The predicted octanol–water partition coefficient (Wildman–Crippen LogP) is 2.74. The van der Waals surface area contributed by atoms with E-state index in [-0.39, 0.29) is 5.91 Å². The van der Waals surface area contributed by atoms with Crippen LogP contribution in [0.1, 0.15) is 21.7 Å². The standard InChI is InChI=1S/C14H12N2O2/c1-10-6-7-18-13(10)14(17)16(2)12-5-3-4-11(8-12)9-15/h3-8H,1-2H3. The Hall–Kier alpha value is -2.54. The first kappa shape index (κ1) is 11.9. The van der Waals surface area contributed by atoms with E-state index in [1.807, 2.05) is 13.0 Å². The van der Waals surface area contributed by atoms with Gasteiger partial charge in [0.15, 0.2) is 5.76 Å². The van der Waals surface area contributed by atoms with E-state index >= 15 is 0 Å². The highest BCUT2D eigenvalue weighted by Gasteiger charge is 2.18. The molecule has 18 heavy (non-hydrogen) atoms. The Bertz CT molecular complexity index is 623. The van der Waals surface area contributed by atoms with E-state index in [1.54, 1.807) is 37.4 Å². The van der Waals surface area contributed by atoms with E-state index in [2.05, 4.69) is 0 Å². The molecule has 0 spiro atoms. The van der Waals surface area contributed by atoms with Crippen LogP contribution in [0.5, 0.6) is 0 Å². The maximum atomic E-state index is 12.2. The Morgan fingerprint density at radius 2 is 2.17 bits per heavy atom. The molecule has 2 rings (SSSR count). The topological polar surface area (TPSA) is 57.2 Å². The number of anilines is 1. The molecule has 2 aromatic rings. The second-order valence-electron chi connectivity index (χ2n) is 3.96. The number of carbonyl (C=O) groups excluding carboxylic acids is 1. The molecule has 0 aliphatic heterocycles. The maximum absolute atomic E-state index is 12.2. The normalized spacial score (nSPS) is 9.83. The number of hydrogen-bond acceptors (Lipinski definition) is 3. The van der Waals surface area contributed by atoms with Crippen LogP contribution in [0.4, 0.5) is 5.69 Å². The van der Waals surface area contributed by atoms with Gasteiger partial charge in [0.1, 0.15) is 0 Å². The number of aryl methyl sites for hydroxylation is 1. The van der Waals surface area contributed by atoms with Crippen LogP contribution in [0.15, 0.2) is 41.0 Å². The van der Waals surface area contributed by atoms with Crippen LogP contribution in [-0.2, 0) is 0 Å². The minimum Gasteiger partial charge on any atom is -0.459 e. The maximum Gasteiger partial charge on any atom is 0.293 e. The van der Waals surface area contributed by atoms with Crippen LogP contribution in [0.2, 0.25) is 0 Å². The van der Waals surface area contributed by atoms with Crippen LogP contribution in [0.25, 0.3) is 0 Å². The fraction of sp³-hybridized carbons (Fsp3) is 0.143. The van der Waals surface area contributed by atoms with Crippen LogP contribution >= 0.6 is 0 Å². The van der Waals surface area contributed by atoms with Crippen molar-refractivity contribution in [2.24, 2.45) is 0 Å². The molecule has 0 saturated carbocycles. The molecule has 4 heteroatoms. The van der Waals surface area contributed by atoms with Gasteiger partial charge in [0, 0.05) is 18.3 Å². The number of amides is 1. The van der Waals surface area contributed by atoms with Crippen molar-refractivity contribution >= 4 is 11.6 Å². The average Bonchev–Trinajstić information content (AvgIpc) is 2.83. The van der Waals surface area contributed by atoms with Crippen molar-refractivity contribution in [3.63, 3.8) is 0 Å². The van der Waals surface area contributed by atoms with Gasteiger partial charge in [0.25, 0.3) is 5.91 Å². The van der Waals surface area contributed by atoms with Gasteiger partial charge in [-0.25, -0.2) is 0 Å². The van der Waals surface area contributed by atoms with E-state index < -0.39 is 0 Å². The molecule has 1 amide bonds. The van der Waals surface area contributed by atoms with Crippen LogP contribution in [0.3, 0.4) is 0 Å². The number of carbonyl (C=O) groups is 1. The summed E-state index contributed by atoms with van der Waals surface area (Å²) in [6.45, 7) is 1.82. The molecule has 0 aliphatic carbocycles. The first-order valence-corrected chi connectivity index (χ1v) is 5.46. The lowest BCUT2D eigenvalue weighted by atomic mass is 10.2. The van der Waals surface area contributed by atoms with Crippen molar-refractivity contribution in [1.29, 1.82) is 5.26 Å². The molecule has 0 fully saturated rings. The zero-order valence-corrected chi connectivity index (χ0v) is 10.2. The Labute approximate surface area is 105 Å². The molecule has 0 atom stereocenters. The van der Waals surface area contributed by atoms with Crippen LogP contribution in [0, 0.1) is 18.3 Å². The quantitative estimate of drug-likeness (QED) is 0.811. The second-order valence-corrected chi connectivity index (χ2v) is 3.96. The minimum absolute atomic E-state index is 0.229. The summed E-state index contributed by atoms with van der Waals surface area (Å²) >= 11 is 0. The van der Waals surface area contributed by atoms with Gasteiger partial charge in [-0.3, -0.25) is 4.79 Å². The summed E-state index contributed by atoms with van der Waals surface area (Å²) in [4.78, 5) is 13.6. The smallest absolute Gasteiger partial charge is 0.293 e. The molecule has 0 bridgehead atoms. The molecule has 0 radical (unpaired) electrons. The number of nitriles is 1. The lowest BCUT2D eigenvalue weighted by molar-refractivity contribution is 0.0965. The van der Waals surface area contributed by atoms with Gasteiger partial charge in [0.05, 0.1) is 17.9 Å². The molecular formula is C14H12N2O2. The van der Waals surface area contributed by atoms with Crippen molar-refractivity contribution < 1.29 is 9.21 Å². The second kappa shape index (κ2) is 4.76. The van der Waals surface area contributed by atoms with E-state index in [0.717, 1.165) is 5.56 Å². The summed E-state index contributed by atoms with van der Waals surface area (Å²) in [5.41, 5.74) is 1.97. The largest absolute Gasteiger partial charge is 0.459 e.